The summed E-state index contributed by atoms with van der Waals surface area (Å²) in [4.78, 5) is 0. The number of benzene rings is 1. The van der Waals surface area contributed by atoms with Crippen LogP contribution < -0.4 is 5.32 Å². The molecule has 2 rings (SSSR count). The van der Waals surface area contributed by atoms with Crippen molar-refractivity contribution in [2.45, 2.75) is 52.5 Å². The van der Waals surface area contributed by atoms with E-state index in [1.54, 1.807) is 6.07 Å². The van der Waals surface area contributed by atoms with Crippen LogP contribution in [0.25, 0.3) is 0 Å². The summed E-state index contributed by atoms with van der Waals surface area (Å²) in [5, 5.41) is 3.51. The molecule has 2 heteroatoms. The van der Waals surface area contributed by atoms with Crippen LogP contribution in [0.15, 0.2) is 24.3 Å². The van der Waals surface area contributed by atoms with Gasteiger partial charge in [-0.2, -0.15) is 0 Å². The Labute approximate surface area is 123 Å². The van der Waals surface area contributed by atoms with Crippen molar-refractivity contribution in [3.63, 3.8) is 0 Å². The van der Waals surface area contributed by atoms with Crippen molar-refractivity contribution in [1.82, 2.24) is 5.32 Å². The van der Waals surface area contributed by atoms with Crippen molar-refractivity contribution in [2.75, 3.05) is 7.05 Å². The number of halogens is 1. The van der Waals surface area contributed by atoms with Gasteiger partial charge in [0, 0.05) is 6.04 Å². The molecule has 1 aromatic carbocycles. The van der Waals surface area contributed by atoms with Crippen molar-refractivity contribution in [3.8, 4) is 0 Å². The van der Waals surface area contributed by atoms with E-state index in [-0.39, 0.29) is 11.2 Å². The van der Waals surface area contributed by atoms with Crippen LogP contribution in [-0.4, -0.2) is 13.1 Å². The minimum atomic E-state index is -0.124. The summed E-state index contributed by atoms with van der Waals surface area (Å²) in [5.74, 6) is 1.35. The Bertz CT molecular complexity index is 441. The Morgan fingerprint density at radius 1 is 1.30 bits per heavy atom. The molecule has 0 heterocycles. The third-order valence-electron chi connectivity index (χ3n) is 5.04. The van der Waals surface area contributed by atoms with Gasteiger partial charge in [0.2, 0.25) is 0 Å². The van der Waals surface area contributed by atoms with Gasteiger partial charge in [0.05, 0.1) is 0 Å². The van der Waals surface area contributed by atoms with Crippen molar-refractivity contribution in [3.05, 3.63) is 35.6 Å². The Morgan fingerprint density at radius 2 is 2.05 bits per heavy atom. The van der Waals surface area contributed by atoms with Gasteiger partial charge >= 0.3 is 0 Å². The third kappa shape index (κ3) is 3.60. The summed E-state index contributed by atoms with van der Waals surface area (Å²) < 4.78 is 13.4. The zero-order chi connectivity index (χ0) is 14.8. The topological polar surface area (TPSA) is 12.0 Å². The average molecular weight is 277 g/mol. The first-order valence-electron chi connectivity index (χ1n) is 7.84. The minimum Gasteiger partial charge on any atom is -0.317 e. The highest BCUT2D eigenvalue weighted by Crippen LogP contribution is 2.42. The third-order valence-corrected chi connectivity index (χ3v) is 5.04. The molecule has 0 amide bonds. The van der Waals surface area contributed by atoms with Gasteiger partial charge in [-0.25, -0.2) is 4.39 Å². The van der Waals surface area contributed by atoms with Gasteiger partial charge in [-0.3, -0.25) is 0 Å². The smallest absolute Gasteiger partial charge is 0.123 e. The lowest BCUT2D eigenvalue weighted by Gasteiger charge is -2.44. The van der Waals surface area contributed by atoms with Gasteiger partial charge < -0.3 is 5.32 Å². The maximum atomic E-state index is 13.4. The fraction of sp³-hybridized carbons (Fsp3) is 0.667. The number of rotatable bonds is 4. The molecule has 0 saturated heterocycles. The van der Waals surface area contributed by atoms with E-state index in [1.165, 1.54) is 25.3 Å². The quantitative estimate of drug-likeness (QED) is 0.859. The molecule has 20 heavy (non-hydrogen) atoms. The van der Waals surface area contributed by atoms with Crippen LogP contribution in [0.4, 0.5) is 4.39 Å². The molecular weight excluding hydrogens is 249 g/mol. The molecule has 0 spiro atoms. The lowest BCUT2D eigenvalue weighted by molar-refractivity contribution is 0.0980. The van der Waals surface area contributed by atoms with Gasteiger partial charge in [-0.1, -0.05) is 39.3 Å². The molecule has 1 aliphatic carbocycles. The first-order valence-corrected chi connectivity index (χ1v) is 7.84. The van der Waals surface area contributed by atoms with Crippen LogP contribution in [0.2, 0.25) is 0 Å². The summed E-state index contributed by atoms with van der Waals surface area (Å²) in [6.07, 6.45) is 4.79. The zero-order valence-corrected chi connectivity index (χ0v) is 13.2. The van der Waals surface area contributed by atoms with Gasteiger partial charge in [0.15, 0.2) is 0 Å². The molecule has 3 unspecified atom stereocenters. The predicted molar refractivity (Wildman–Crippen MR) is 83.2 cm³/mol. The molecule has 1 aromatic rings. The Balaban J connectivity index is 2.12. The molecular formula is C18H28FN. The summed E-state index contributed by atoms with van der Waals surface area (Å²) in [6.45, 7) is 7.02. The standard InChI is InChI=1S/C18H28FN/c1-13-8-9-16(17(10-13)20-4)18(2,3)12-14-6-5-7-15(19)11-14/h5-7,11,13,16-17,20H,8-10,12H2,1-4H3. The van der Waals surface area contributed by atoms with Crippen molar-refractivity contribution in [1.29, 1.82) is 0 Å². The maximum Gasteiger partial charge on any atom is 0.123 e. The Kier molecular flexibility index (Phi) is 4.85. The predicted octanol–water partition coefficient (Wildman–Crippen LogP) is 4.42. The fourth-order valence-corrected chi connectivity index (χ4v) is 3.94. The van der Waals surface area contributed by atoms with Crippen LogP contribution in [0.3, 0.4) is 0 Å². The van der Waals surface area contributed by atoms with Gasteiger partial charge in [-0.05, 0) is 61.3 Å². The van der Waals surface area contributed by atoms with Crippen LogP contribution in [0.1, 0.15) is 45.6 Å². The van der Waals surface area contributed by atoms with E-state index in [0.29, 0.717) is 12.0 Å². The van der Waals surface area contributed by atoms with Gasteiger partial charge in [0.25, 0.3) is 0 Å². The van der Waals surface area contributed by atoms with Crippen LogP contribution >= 0.6 is 0 Å². The lowest BCUT2D eigenvalue weighted by atomic mass is 9.64. The maximum absolute atomic E-state index is 13.4. The van der Waals surface area contributed by atoms with E-state index in [0.717, 1.165) is 17.9 Å². The zero-order valence-electron chi connectivity index (χ0n) is 13.2. The average Bonchev–Trinajstić information content (AvgIpc) is 2.37. The first kappa shape index (κ1) is 15.5. The lowest BCUT2D eigenvalue weighted by Crippen LogP contribution is -2.46. The molecule has 112 valence electrons. The summed E-state index contributed by atoms with van der Waals surface area (Å²) >= 11 is 0. The minimum absolute atomic E-state index is 0.124. The molecule has 1 fully saturated rings. The van der Waals surface area contributed by atoms with Crippen LogP contribution in [0.5, 0.6) is 0 Å². The Hall–Kier alpha value is -0.890. The van der Waals surface area contributed by atoms with E-state index >= 15 is 0 Å². The van der Waals surface area contributed by atoms with E-state index < -0.39 is 0 Å². The Morgan fingerprint density at radius 3 is 2.70 bits per heavy atom. The number of hydrogen-bond donors (Lipinski definition) is 1. The second-order valence-electron chi connectivity index (χ2n) is 7.22. The number of hydrogen-bond acceptors (Lipinski definition) is 1. The summed E-state index contributed by atoms with van der Waals surface area (Å²) in [6, 6.07) is 7.66. The van der Waals surface area contributed by atoms with Crippen molar-refractivity contribution < 1.29 is 4.39 Å². The molecule has 0 bridgehead atoms. The molecule has 1 aliphatic rings. The van der Waals surface area contributed by atoms with Crippen LogP contribution in [0, 0.1) is 23.1 Å². The second-order valence-corrected chi connectivity index (χ2v) is 7.22. The molecule has 3 atom stereocenters. The number of nitrogens with one attached hydrogen (secondary N) is 1. The van der Waals surface area contributed by atoms with E-state index in [9.17, 15) is 4.39 Å². The SMILES string of the molecule is CNC1CC(C)CCC1C(C)(C)Cc1cccc(F)c1. The summed E-state index contributed by atoms with van der Waals surface area (Å²) in [5.41, 5.74) is 1.31. The van der Waals surface area contributed by atoms with Crippen molar-refractivity contribution in [2.24, 2.45) is 17.3 Å². The second kappa shape index (κ2) is 6.26. The molecule has 1 N–H and O–H groups in total. The summed E-state index contributed by atoms with van der Waals surface area (Å²) in [7, 11) is 2.08. The highest BCUT2D eigenvalue weighted by molar-refractivity contribution is 5.18. The van der Waals surface area contributed by atoms with E-state index in [2.05, 4.69) is 33.1 Å². The first-order chi connectivity index (χ1) is 9.42. The van der Waals surface area contributed by atoms with Gasteiger partial charge in [0.1, 0.15) is 5.82 Å². The van der Waals surface area contributed by atoms with E-state index in [4.69, 9.17) is 0 Å². The monoisotopic (exact) mass is 277 g/mol. The molecule has 0 aromatic heterocycles. The van der Waals surface area contributed by atoms with Crippen molar-refractivity contribution >= 4 is 0 Å². The molecule has 0 radical (unpaired) electrons. The highest BCUT2D eigenvalue weighted by Gasteiger charge is 2.38. The van der Waals surface area contributed by atoms with E-state index in [1.807, 2.05) is 12.1 Å². The molecule has 1 saturated carbocycles. The molecule has 1 nitrogen and oxygen atoms in total. The fourth-order valence-electron chi connectivity index (χ4n) is 3.94. The van der Waals surface area contributed by atoms with Crippen LogP contribution in [-0.2, 0) is 6.42 Å². The normalized spacial score (nSPS) is 27.6. The largest absolute Gasteiger partial charge is 0.317 e. The molecule has 0 aliphatic heterocycles. The van der Waals surface area contributed by atoms with Gasteiger partial charge in [-0.15, -0.1) is 0 Å². The highest BCUT2D eigenvalue weighted by atomic mass is 19.1.